The molecule has 4 rings (SSSR count). The number of thiophene rings is 1. The van der Waals surface area contributed by atoms with Crippen molar-refractivity contribution >= 4 is 23.2 Å². The summed E-state index contributed by atoms with van der Waals surface area (Å²) < 4.78 is 0. The molecule has 2 heterocycles. The van der Waals surface area contributed by atoms with Gasteiger partial charge in [0.25, 0.3) is 5.91 Å². The van der Waals surface area contributed by atoms with Crippen molar-refractivity contribution in [2.45, 2.75) is 57.9 Å². The van der Waals surface area contributed by atoms with Crippen LogP contribution in [0.5, 0.6) is 0 Å². The number of nitrogens with one attached hydrogen (secondary N) is 1. The first-order valence-electron chi connectivity index (χ1n) is 11.4. The van der Waals surface area contributed by atoms with Crippen LogP contribution in [0, 0.1) is 5.92 Å². The molecule has 1 aliphatic carbocycles. The molecule has 164 valence electrons. The van der Waals surface area contributed by atoms with E-state index in [0.29, 0.717) is 24.6 Å². The van der Waals surface area contributed by atoms with Gasteiger partial charge < -0.3 is 10.2 Å². The Kier molecular flexibility index (Phi) is 6.91. The third-order valence-electron chi connectivity index (χ3n) is 6.25. The Hall–Kier alpha value is -2.40. The van der Waals surface area contributed by atoms with Gasteiger partial charge in [-0.1, -0.05) is 49.8 Å². The Balaban J connectivity index is 1.64. The minimum absolute atomic E-state index is 0.0171. The maximum Gasteiger partial charge on any atom is 0.254 e. The fourth-order valence-electron chi connectivity index (χ4n) is 4.83. The van der Waals surface area contributed by atoms with E-state index in [9.17, 15) is 9.59 Å². The molecule has 4 nitrogen and oxygen atoms in total. The minimum Gasteiger partial charge on any atom is -0.355 e. The molecule has 0 saturated carbocycles. The van der Waals surface area contributed by atoms with Crippen LogP contribution in [0.3, 0.4) is 0 Å². The predicted octanol–water partition coefficient (Wildman–Crippen LogP) is 5.69. The maximum atomic E-state index is 13.6. The first kappa shape index (κ1) is 21.8. The molecular weight excluding hydrogens is 404 g/mol. The Morgan fingerprint density at radius 2 is 2.03 bits per heavy atom. The third kappa shape index (κ3) is 4.77. The van der Waals surface area contributed by atoms with E-state index in [4.69, 9.17) is 0 Å². The van der Waals surface area contributed by atoms with Crippen LogP contribution < -0.4 is 5.32 Å². The predicted molar refractivity (Wildman–Crippen MR) is 126 cm³/mol. The van der Waals surface area contributed by atoms with E-state index in [0.717, 1.165) is 29.7 Å². The summed E-state index contributed by atoms with van der Waals surface area (Å²) >= 11 is 1.62. The number of carbonyl (C=O) groups is 2. The molecule has 1 N–H and O–H groups in total. The first-order valence-corrected chi connectivity index (χ1v) is 12.3. The number of amides is 2. The summed E-state index contributed by atoms with van der Waals surface area (Å²) in [6.45, 7) is 5.52. The molecule has 0 spiro atoms. The fourth-order valence-corrected chi connectivity index (χ4v) is 5.71. The zero-order chi connectivity index (χ0) is 21.8. The average molecular weight is 437 g/mol. The summed E-state index contributed by atoms with van der Waals surface area (Å²) in [5, 5.41) is 5.23. The van der Waals surface area contributed by atoms with Gasteiger partial charge in [0.15, 0.2) is 0 Å². The molecular formula is C26H32N2O2S. The Bertz CT molecular complexity index is 948. The second kappa shape index (κ2) is 9.82. The quantitative estimate of drug-likeness (QED) is 0.567. The highest BCUT2D eigenvalue weighted by atomic mass is 32.1. The first-order chi connectivity index (χ1) is 15.1. The number of carbonyl (C=O) groups excluding carboxylic acids is 2. The second-order valence-electron chi connectivity index (χ2n) is 9.03. The summed E-state index contributed by atoms with van der Waals surface area (Å²) in [6.07, 6.45) is 8.09. The summed E-state index contributed by atoms with van der Waals surface area (Å²) in [5.41, 5.74) is 2.97. The van der Waals surface area contributed by atoms with Crippen molar-refractivity contribution in [3.8, 4) is 0 Å². The Morgan fingerprint density at radius 3 is 2.74 bits per heavy atom. The van der Waals surface area contributed by atoms with Crippen LogP contribution in [0.25, 0.3) is 0 Å². The van der Waals surface area contributed by atoms with Crippen LogP contribution >= 0.6 is 11.3 Å². The smallest absolute Gasteiger partial charge is 0.254 e. The van der Waals surface area contributed by atoms with Gasteiger partial charge in [-0.15, -0.1) is 11.3 Å². The topological polar surface area (TPSA) is 49.4 Å². The number of benzene rings is 1. The van der Waals surface area contributed by atoms with Crippen molar-refractivity contribution in [2.24, 2.45) is 5.92 Å². The Labute approximate surface area is 189 Å². The van der Waals surface area contributed by atoms with Crippen molar-refractivity contribution in [3.63, 3.8) is 0 Å². The van der Waals surface area contributed by atoms with E-state index in [-0.39, 0.29) is 17.9 Å². The summed E-state index contributed by atoms with van der Waals surface area (Å²) in [6, 6.07) is 11.4. The molecule has 0 saturated heterocycles. The molecule has 5 heteroatoms. The number of hydrogen-bond donors (Lipinski definition) is 1. The van der Waals surface area contributed by atoms with Gasteiger partial charge >= 0.3 is 0 Å². The number of rotatable bonds is 7. The number of nitrogens with zero attached hydrogens (tertiary/aromatic N) is 1. The van der Waals surface area contributed by atoms with Gasteiger partial charge in [-0.25, -0.2) is 0 Å². The van der Waals surface area contributed by atoms with E-state index in [1.807, 2.05) is 40.6 Å². The molecule has 0 unspecified atom stereocenters. The third-order valence-corrected chi connectivity index (χ3v) is 7.19. The normalized spacial score (nSPS) is 21.1. The van der Waals surface area contributed by atoms with Gasteiger partial charge in [0.1, 0.15) is 0 Å². The lowest BCUT2D eigenvalue weighted by Gasteiger charge is -2.42. The molecule has 1 aromatic heterocycles. The van der Waals surface area contributed by atoms with Crippen LogP contribution in [-0.2, 0) is 4.79 Å². The largest absolute Gasteiger partial charge is 0.355 e. The molecule has 0 fully saturated rings. The zero-order valence-electron chi connectivity index (χ0n) is 18.5. The second-order valence-corrected chi connectivity index (χ2v) is 10.0. The molecule has 0 radical (unpaired) electrons. The van der Waals surface area contributed by atoms with Crippen LogP contribution in [-0.4, -0.2) is 29.8 Å². The highest BCUT2D eigenvalue weighted by Crippen LogP contribution is 2.44. The van der Waals surface area contributed by atoms with Crippen LogP contribution in [0.2, 0.25) is 0 Å². The van der Waals surface area contributed by atoms with Crippen molar-refractivity contribution in [3.05, 3.63) is 69.4 Å². The lowest BCUT2D eigenvalue weighted by Crippen LogP contribution is -2.48. The van der Waals surface area contributed by atoms with Crippen LogP contribution in [0.4, 0.5) is 0 Å². The van der Waals surface area contributed by atoms with Gasteiger partial charge in [0.05, 0.1) is 12.0 Å². The lowest BCUT2D eigenvalue weighted by atomic mass is 9.81. The molecule has 0 bridgehead atoms. The van der Waals surface area contributed by atoms with Gasteiger partial charge in [-0.05, 0) is 61.1 Å². The minimum atomic E-state index is -0.397. The zero-order valence-corrected chi connectivity index (χ0v) is 19.3. The summed E-state index contributed by atoms with van der Waals surface area (Å²) in [4.78, 5) is 30.0. The highest BCUT2D eigenvalue weighted by Gasteiger charge is 2.44. The molecule has 2 aromatic rings. The number of hydrogen-bond acceptors (Lipinski definition) is 3. The van der Waals surface area contributed by atoms with Gasteiger partial charge in [0.2, 0.25) is 5.91 Å². The molecule has 1 aliphatic heterocycles. The van der Waals surface area contributed by atoms with E-state index < -0.39 is 5.92 Å². The van der Waals surface area contributed by atoms with Crippen molar-refractivity contribution in [1.82, 2.24) is 10.2 Å². The lowest BCUT2D eigenvalue weighted by molar-refractivity contribution is -0.124. The van der Waals surface area contributed by atoms with Gasteiger partial charge in [-0.2, -0.15) is 0 Å². The molecule has 2 aliphatic rings. The highest BCUT2D eigenvalue weighted by molar-refractivity contribution is 7.10. The standard InChI is InChI=1S/C26H32N2O2S/c1-18(2)17-28-24(22-13-8-16-31-22)23(20-11-6-7-12-21(20)26(28)30)25(29)27-15-14-19-9-4-3-5-10-19/h6-9,11-13,16,18,23-24H,3-5,10,14-15,17H2,1-2H3,(H,27,29)/t23-,24-/m1/s1. The van der Waals surface area contributed by atoms with Crippen molar-refractivity contribution < 1.29 is 9.59 Å². The van der Waals surface area contributed by atoms with E-state index >= 15 is 0 Å². The summed E-state index contributed by atoms with van der Waals surface area (Å²) in [7, 11) is 0. The monoisotopic (exact) mass is 436 g/mol. The van der Waals surface area contributed by atoms with Crippen molar-refractivity contribution in [1.29, 1.82) is 0 Å². The van der Waals surface area contributed by atoms with E-state index in [1.165, 1.54) is 18.4 Å². The van der Waals surface area contributed by atoms with Crippen LogP contribution in [0.1, 0.15) is 78.7 Å². The molecule has 2 amide bonds. The Morgan fingerprint density at radius 1 is 1.19 bits per heavy atom. The molecule has 31 heavy (non-hydrogen) atoms. The van der Waals surface area contributed by atoms with Crippen LogP contribution in [0.15, 0.2) is 53.4 Å². The molecule has 1 aromatic carbocycles. The SMILES string of the molecule is CC(C)CN1C(=O)c2ccccc2[C@@H](C(=O)NCCC2=CCCCC2)[C@H]1c1cccs1. The average Bonchev–Trinajstić information content (AvgIpc) is 3.30. The van der Waals surface area contributed by atoms with E-state index in [1.54, 1.807) is 11.3 Å². The number of fused-ring (bicyclic) bond motifs is 1. The van der Waals surface area contributed by atoms with Gasteiger partial charge in [0, 0.05) is 23.5 Å². The number of allylic oxidation sites excluding steroid dienone is 1. The summed E-state index contributed by atoms with van der Waals surface area (Å²) in [5.74, 6) is -0.0344. The maximum absolute atomic E-state index is 13.6. The fraction of sp³-hybridized carbons (Fsp3) is 0.462. The van der Waals surface area contributed by atoms with Crippen molar-refractivity contribution in [2.75, 3.05) is 13.1 Å². The van der Waals surface area contributed by atoms with E-state index in [2.05, 4.69) is 31.3 Å². The molecule has 2 atom stereocenters. The van der Waals surface area contributed by atoms with Gasteiger partial charge in [-0.3, -0.25) is 9.59 Å².